The molecule has 4 aromatic rings. The van der Waals surface area contributed by atoms with Gasteiger partial charge < -0.3 is 4.98 Å². The average Bonchev–Trinajstić information content (AvgIpc) is 3.16. The van der Waals surface area contributed by atoms with Crippen molar-refractivity contribution in [1.29, 1.82) is 0 Å². The van der Waals surface area contributed by atoms with E-state index in [-0.39, 0.29) is 17.1 Å². The Bertz CT molecular complexity index is 1220. The van der Waals surface area contributed by atoms with Crippen LogP contribution in [0.1, 0.15) is 16.8 Å². The Hall–Kier alpha value is -3.39. The van der Waals surface area contributed by atoms with Gasteiger partial charge in [0, 0.05) is 49.7 Å². The second-order valence-electron chi connectivity index (χ2n) is 6.85. The maximum absolute atomic E-state index is 14.2. The maximum Gasteiger partial charge on any atom is 0.348 e. The summed E-state index contributed by atoms with van der Waals surface area (Å²) in [6.07, 6.45) is 4.28. The molecule has 28 heavy (non-hydrogen) atoms. The van der Waals surface area contributed by atoms with Crippen molar-refractivity contribution in [2.24, 2.45) is 0 Å². The van der Waals surface area contributed by atoms with Crippen molar-refractivity contribution in [3.05, 3.63) is 81.9 Å². The van der Waals surface area contributed by atoms with Gasteiger partial charge in [0.05, 0.1) is 5.56 Å². The quantitative estimate of drug-likeness (QED) is 0.593. The van der Waals surface area contributed by atoms with E-state index in [9.17, 15) is 9.18 Å². The van der Waals surface area contributed by atoms with Crippen LogP contribution in [-0.4, -0.2) is 36.0 Å². The summed E-state index contributed by atoms with van der Waals surface area (Å²) in [5.74, 6) is -0.203. The van der Waals surface area contributed by atoms with Crippen molar-refractivity contribution in [1.82, 2.24) is 29.5 Å². The Labute approximate surface area is 159 Å². The molecule has 1 aromatic carbocycles. The number of nitrogens with zero attached hydrogens (tertiary/aromatic N) is 5. The first-order valence-electron chi connectivity index (χ1n) is 9.06. The standard InChI is InChI=1S/C20H17FN6O/c21-16-4-2-1-3-14(16)18-24-19-15-12-26(11-13-5-8-22-9-6-13)10-7-17(15)23-20(28)27(19)25-18/h1-6,8-9H,7,10-12H2,(H,23,28). The van der Waals surface area contributed by atoms with E-state index >= 15 is 0 Å². The van der Waals surface area contributed by atoms with Crippen molar-refractivity contribution in [2.75, 3.05) is 6.54 Å². The Morgan fingerprint density at radius 2 is 1.96 bits per heavy atom. The molecule has 5 rings (SSSR count). The number of halogens is 1. The Kier molecular flexibility index (Phi) is 3.98. The van der Waals surface area contributed by atoms with Crippen LogP contribution >= 0.6 is 0 Å². The Morgan fingerprint density at radius 1 is 1.14 bits per heavy atom. The highest BCUT2D eigenvalue weighted by atomic mass is 19.1. The number of fused-ring (bicyclic) bond motifs is 3. The third-order valence-corrected chi connectivity index (χ3v) is 5.02. The van der Waals surface area contributed by atoms with Gasteiger partial charge in [0.1, 0.15) is 5.82 Å². The van der Waals surface area contributed by atoms with Gasteiger partial charge in [0.2, 0.25) is 0 Å². The van der Waals surface area contributed by atoms with Gasteiger partial charge in [-0.25, -0.2) is 14.2 Å². The van der Waals surface area contributed by atoms with Crippen molar-refractivity contribution in [2.45, 2.75) is 19.5 Å². The van der Waals surface area contributed by atoms with Crippen molar-refractivity contribution < 1.29 is 4.39 Å². The molecule has 7 nitrogen and oxygen atoms in total. The summed E-state index contributed by atoms with van der Waals surface area (Å²) < 4.78 is 15.4. The summed E-state index contributed by atoms with van der Waals surface area (Å²) >= 11 is 0. The molecule has 0 amide bonds. The van der Waals surface area contributed by atoms with Gasteiger partial charge in [-0.05, 0) is 29.8 Å². The zero-order valence-electron chi connectivity index (χ0n) is 15.0. The zero-order valence-corrected chi connectivity index (χ0v) is 15.0. The predicted molar refractivity (Wildman–Crippen MR) is 101 cm³/mol. The topological polar surface area (TPSA) is 79.2 Å². The van der Waals surface area contributed by atoms with Crippen LogP contribution in [0.15, 0.2) is 53.6 Å². The molecule has 1 N–H and O–H groups in total. The molecule has 1 aliphatic heterocycles. The van der Waals surface area contributed by atoms with E-state index in [1.54, 1.807) is 30.6 Å². The molecule has 0 spiro atoms. The molecule has 3 aromatic heterocycles. The number of benzene rings is 1. The van der Waals surface area contributed by atoms with Gasteiger partial charge in [-0.15, -0.1) is 5.10 Å². The van der Waals surface area contributed by atoms with Crippen LogP contribution in [0.3, 0.4) is 0 Å². The van der Waals surface area contributed by atoms with Crippen LogP contribution in [0.2, 0.25) is 0 Å². The summed E-state index contributed by atoms with van der Waals surface area (Å²) in [6, 6.07) is 10.3. The highest BCUT2D eigenvalue weighted by molar-refractivity contribution is 5.61. The lowest BCUT2D eigenvalue weighted by molar-refractivity contribution is 0.243. The van der Waals surface area contributed by atoms with E-state index in [0.29, 0.717) is 18.6 Å². The molecule has 0 saturated carbocycles. The zero-order chi connectivity index (χ0) is 19.1. The first-order chi connectivity index (χ1) is 13.7. The van der Waals surface area contributed by atoms with Crippen molar-refractivity contribution in [3.63, 3.8) is 0 Å². The summed E-state index contributed by atoms with van der Waals surface area (Å²) in [4.78, 5) is 26.2. The highest BCUT2D eigenvalue weighted by Gasteiger charge is 2.23. The van der Waals surface area contributed by atoms with E-state index in [1.807, 2.05) is 12.1 Å². The molecule has 0 atom stereocenters. The number of aromatic amines is 1. The van der Waals surface area contributed by atoms with Gasteiger partial charge >= 0.3 is 5.69 Å². The van der Waals surface area contributed by atoms with Crippen LogP contribution in [0.25, 0.3) is 17.0 Å². The van der Waals surface area contributed by atoms with Gasteiger partial charge in [-0.1, -0.05) is 12.1 Å². The second kappa shape index (κ2) is 6.65. The molecule has 1 aliphatic rings. The fraction of sp³-hybridized carbons (Fsp3) is 0.200. The number of pyridine rings is 1. The van der Waals surface area contributed by atoms with Crippen LogP contribution in [0.5, 0.6) is 0 Å². The first-order valence-corrected chi connectivity index (χ1v) is 9.06. The molecule has 8 heteroatoms. The minimum Gasteiger partial charge on any atom is -0.309 e. The van der Waals surface area contributed by atoms with Crippen molar-refractivity contribution in [3.8, 4) is 11.4 Å². The van der Waals surface area contributed by atoms with E-state index in [4.69, 9.17) is 0 Å². The van der Waals surface area contributed by atoms with Crippen molar-refractivity contribution >= 4 is 5.65 Å². The second-order valence-corrected chi connectivity index (χ2v) is 6.85. The maximum atomic E-state index is 14.2. The number of hydrogen-bond acceptors (Lipinski definition) is 5. The van der Waals surface area contributed by atoms with Crippen LogP contribution < -0.4 is 5.69 Å². The fourth-order valence-electron chi connectivity index (χ4n) is 3.63. The normalized spacial score (nSPS) is 14.3. The van der Waals surface area contributed by atoms with Crippen LogP contribution in [-0.2, 0) is 19.5 Å². The molecule has 0 radical (unpaired) electrons. The van der Waals surface area contributed by atoms with E-state index in [0.717, 1.165) is 24.3 Å². The molecular formula is C20H17FN6O. The van der Waals surface area contributed by atoms with Gasteiger partial charge in [-0.3, -0.25) is 9.88 Å². The molecule has 140 valence electrons. The smallest absolute Gasteiger partial charge is 0.309 e. The molecule has 4 heterocycles. The van der Waals surface area contributed by atoms with E-state index < -0.39 is 5.82 Å². The first kappa shape index (κ1) is 16.8. The Morgan fingerprint density at radius 3 is 2.79 bits per heavy atom. The number of nitrogens with one attached hydrogen (secondary N) is 1. The van der Waals surface area contributed by atoms with E-state index in [1.165, 1.54) is 16.1 Å². The molecular weight excluding hydrogens is 359 g/mol. The lowest BCUT2D eigenvalue weighted by Gasteiger charge is -2.28. The van der Waals surface area contributed by atoms with Gasteiger partial charge in [0.15, 0.2) is 11.5 Å². The molecule has 0 unspecified atom stereocenters. The minimum absolute atomic E-state index is 0.211. The van der Waals surface area contributed by atoms with Crippen LogP contribution in [0.4, 0.5) is 4.39 Å². The number of rotatable bonds is 3. The summed E-state index contributed by atoms with van der Waals surface area (Å²) in [7, 11) is 0. The van der Waals surface area contributed by atoms with Crippen LogP contribution in [0, 0.1) is 5.82 Å². The third kappa shape index (κ3) is 2.87. The molecule has 0 bridgehead atoms. The average molecular weight is 376 g/mol. The predicted octanol–water partition coefficient (Wildman–Crippen LogP) is 2.18. The summed E-state index contributed by atoms with van der Waals surface area (Å²) in [5, 5.41) is 4.26. The Balaban J connectivity index is 1.56. The number of aromatic nitrogens is 5. The van der Waals surface area contributed by atoms with E-state index in [2.05, 4.69) is 25.0 Å². The fourth-order valence-corrected chi connectivity index (χ4v) is 3.63. The summed E-state index contributed by atoms with van der Waals surface area (Å²) in [5.41, 5.74) is 3.38. The monoisotopic (exact) mass is 376 g/mol. The SMILES string of the molecule is O=c1[nH]c2c(c3nc(-c4ccccc4F)nn13)CN(Cc1ccncc1)CC2. The molecule has 0 fully saturated rings. The third-order valence-electron chi connectivity index (χ3n) is 5.02. The number of hydrogen-bond donors (Lipinski definition) is 1. The van der Waals surface area contributed by atoms with Gasteiger partial charge in [-0.2, -0.15) is 4.52 Å². The summed E-state index contributed by atoms with van der Waals surface area (Å²) in [6.45, 7) is 2.24. The minimum atomic E-state index is -0.414. The lowest BCUT2D eigenvalue weighted by Crippen LogP contribution is -2.34. The molecule has 0 aliphatic carbocycles. The van der Waals surface area contributed by atoms with Gasteiger partial charge in [0.25, 0.3) is 0 Å². The number of H-pyrrole nitrogens is 1. The largest absolute Gasteiger partial charge is 0.348 e. The lowest BCUT2D eigenvalue weighted by atomic mass is 10.1. The molecule has 0 saturated heterocycles. The highest BCUT2D eigenvalue weighted by Crippen LogP contribution is 2.24.